The van der Waals surface area contributed by atoms with Crippen molar-refractivity contribution in [2.75, 3.05) is 0 Å². The number of hydrogen-bond donors (Lipinski definition) is 1. The fourth-order valence-corrected chi connectivity index (χ4v) is 3.30. The average Bonchev–Trinajstić information content (AvgIpc) is 2.41. The van der Waals surface area contributed by atoms with Gasteiger partial charge in [0.1, 0.15) is 5.82 Å². The van der Waals surface area contributed by atoms with Gasteiger partial charge in [-0.15, -0.1) is 0 Å². The van der Waals surface area contributed by atoms with E-state index in [1.807, 2.05) is 0 Å². The maximum atomic E-state index is 13.3. The summed E-state index contributed by atoms with van der Waals surface area (Å²) in [4.78, 5) is 23.6. The Morgan fingerprint density at radius 2 is 1.86 bits per heavy atom. The molecule has 0 radical (unpaired) electrons. The summed E-state index contributed by atoms with van der Waals surface area (Å²) in [6.07, 6.45) is 4.90. The zero-order valence-electron chi connectivity index (χ0n) is 12.3. The SMILES string of the molecule is Cc1cc(C(=O)CC2(CC(=O)O)CCCCC2)ccc1F. The van der Waals surface area contributed by atoms with Crippen LogP contribution in [0.3, 0.4) is 0 Å². The smallest absolute Gasteiger partial charge is 0.303 e. The van der Waals surface area contributed by atoms with E-state index < -0.39 is 11.4 Å². The van der Waals surface area contributed by atoms with Crippen LogP contribution in [0.25, 0.3) is 0 Å². The van der Waals surface area contributed by atoms with E-state index in [1.54, 1.807) is 13.0 Å². The van der Waals surface area contributed by atoms with Crippen LogP contribution in [0.15, 0.2) is 18.2 Å². The van der Waals surface area contributed by atoms with Crippen molar-refractivity contribution in [1.82, 2.24) is 0 Å². The van der Waals surface area contributed by atoms with Crippen molar-refractivity contribution in [3.8, 4) is 0 Å². The van der Waals surface area contributed by atoms with Gasteiger partial charge in [0.2, 0.25) is 0 Å². The van der Waals surface area contributed by atoms with Gasteiger partial charge in [-0.1, -0.05) is 19.3 Å². The number of carbonyl (C=O) groups is 2. The van der Waals surface area contributed by atoms with E-state index in [0.29, 0.717) is 11.1 Å². The molecule has 0 aliphatic heterocycles. The Bertz CT molecular complexity index is 545. The molecule has 21 heavy (non-hydrogen) atoms. The molecule has 3 nitrogen and oxygen atoms in total. The topological polar surface area (TPSA) is 54.4 Å². The molecular formula is C17H21FO3. The Kier molecular flexibility index (Phi) is 4.76. The molecule has 0 heterocycles. The number of aliphatic carboxylic acids is 1. The lowest BCUT2D eigenvalue weighted by atomic mass is 9.68. The standard InChI is InChI=1S/C17H21FO3/c1-12-9-13(5-6-14(12)18)15(19)10-17(11-16(20)21)7-3-2-4-8-17/h5-6,9H,2-4,7-8,10-11H2,1H3,(H,20,21). The van der Waals surface area contributed by atoms with Crippen LogP contribution in [0.2, 0.25) is 0 Å². The van der Waals surface area contributed by atoms with Crippen LogP contribution in [0, 0.1) is 18.2 Å². The van der Waals surface area contributed by atoms with Gasteiger partial charge in [0.05, 0.1) is 6.42 Å². The lowest BCUT2D eigenvalue weighted by Crippen LogP contribution is -2.30. The van der Waals surface area contributed by atoms with Crippen LogP contribution in [0.1, 0.15) is 60.9 Å². The Morgan fingerprint density at radius 1 is 1.19 bits per heavy atom. The Morgan fingerprint density at radius 3 is 2.43 bits per heavy atom. The summed E-state index contributed by atoms with van der Waals surface area (Å²) in [6.45, 7) is 1.62. The lowest BCUT2D eigenvalue weighted by Gasteiger charge is -2.35. The molecule has 0 unspecified atom stereocenters. The molecule has 0 aromatic heterocycles. The second-order valence-electron chi connectivity index (χ2n) is 6.20. The zero-order valence-corrected chi connectivity index (χ0v) is 12.3. The van der Waals surface area contributed by atoms with Gasteiger partial charge in [-0.3, -0.25) is 9.59 Å². The average molecular weight is 292 g/mol. The number of carboxylic acid groups (broad SMARTS) is 1. The molecular weight excluding hydrogens is 271 g/mol. The van der Waals surface area contributed by atoms with E-state index in [0.717, 1.165) is 32.1 Å². The van der Waals surface area contributed by atoms with Crippen LogP contribution in [0.4, 0.5) is 4.39 Å². The van der Waals surface area contributed by atoms with Gasteiger partial charge < -0.3 is 5.11 Å². The first-order valence-corrected chi connectivity index (χ1v) is 7.43. The maximum Gasteiger partial charge on any atom is 0.303 e. The number of halogens is 1. The molecule has 1 aliphatic rings. The minimum absolute atomic E-state index is 0.0406. The summed E-state index contributed by atoms with van der Waals surface area (Å²) in [5.74, 6) is -1.26. The molecule has 1 aromatic rings. The molecule has 0 bridgehead atoms. The molecule has 1 N–H and O–H groups in total. The molecule has 0 amide bonds. The van der Waals surface area contributed by atoms with Crippen molar-refractivity contribution in [3.63, 3.8) is 0 Å². The lowest BCUT2D eigenvalue weighted by molar-refractivity contribution is -0.140. The van der Waals surface area contributed by atoms with E-state index in [2.05, 4.69) is 0 Å². The monoisotopic (exact) mass is 292 g/mol. The van der Waals surface area contributed by atoms with Gasteiger partial charge in [0.15, 0.2) is 5.78 Å². The van der Waals surface area contributed by atoms with Crippen molar-refractivity contribution in [2.24, 2.45) is 5.41 Å². The number of benzene rings is 1. The van der Waals surface area contributed by atoms with Crippen molar-refractivity contribution in [2.45, 2.75) is 51.9 Å². The molecule has 1 aromatic carbocycles. The fourth-order valence-electron chi connectivity index (χ4n) is 3.30. The Balaban J connectivity index is 2.17. The highest BCUT2D eigenvalue weighted by Crippen LogP contribution is 2.43. The third kappa shape index (κ3) is 3.90. The van der Waals surface area contributed by atoms with Crippen molar-refractivity contribution >= 4 is 11.8 Å². The first kappa shape index (κ1) is 15.7. The van der Waals surface area contributed by atoms with E-state index in [-0.39, 0.29) is 24.4 Å². The first-order chi connectivity index (χ1) is 9.92. The number of Topliss-reactive ketones (excluding diaryl/α,β-unsaturated/α-hetero) is 1. The Labute approximate surface area is 124 Å². The van der Waals surface area contributed by atoms with Crippen molar-refractivity contribution < 1.29 is 19.1 Å². The molecule has 0 atom stereocenters. The predicted octanol–water partition coefficient (Wildman–Crippen LogP) is 4.13. The molecule has 2 rings (SSSR count). The second kappa shape index (κ2) is 6.37. The zero-order chi connectivity index (χ0) is 15.5. The van der Waals surface area contributed by atoms with Crippen LogP contribution in [-0.4, -0.2) is 16.9 Å². The predicted molar refractivity (Wildman–Crippen MR) is 77.9 cm³/mol. The van der Waals surface area contributed by atoms with Gasteiger partial charge in [-0.2, -0.15) is 0 Å². The summed E-state index contributed by atoms with van der Waals surface area (Å²) in [5.41, 5.74) is 0.490. The quantitative estimate of drug-likeness (QED) is 0.830. The highest BCUT2D eigenvalue weighted by atomic mass is 19.1. The molecule has 114 valence electrons. The van der Waals surface area contributed by atoms with Crippen LogP contribution in [-0.2, 0) is 4.79 Å². The summed E-state index contributed by atoms with van der Waals surface area (Å²) < 4.78 is 13.3. The summed E-state index contributed by atoms with van der Waals surface area (Å²) in [5, 5.41) is 9.13. The second-order valence-corrected chi connectivity index (χ2v) is 6.20. The van der Waals surface area contributed by atoms with Gasteiger partial charge in [0, 0.05) is 12.0 Å². The highest BCUT2D eigenvalue weighted by Gasteiger charge is 2.36. The molecule has 0 saturated heterocycles. The Hall–Kier alpha value is -1.71. The number of aryl methyl sites for hydroxylation is 1. The van der Waals surface area contributed by atoms with Crippen LogP contribution in [0.5, 0.6) is 0 Å². The molecule has 0 spiro atoms. The highest BCUT2D eigenvalue weighted by molar-refractivity contribution is 5.96. The fraction of sp³-hybridized carbons (Fsp3) is 0.529. The minimum atomic E-state index is -0.847. The van der Waals surface area contributed by atoms with Gasteiger partial charge in [0.25, 0.3) is 0 Å². The summed E-state index contributed by atoms with van der Waals surface area (Å²) in [6, 6.07) is 4.34. The summed E-state index contributed by atoms with van der Waals surface area (Å²) >= 11 is 0. The maximum absolute atomic E-state index is 13.3. The van der Waals surface area contributed by atoms with E-state index in [9.17, 15) is 14.0 Å². The number of carboxylic acids is 1. The van der Waals surface area contributed by atoms with Gasteiger partial charge in [-0.05, 0) is 48.9 Å². The largest absolute Gasteiger partial charge is 0.481 e. The van der Waals surface area contributed by atoms with Gasteiger partial charge >= 0.3 is 5.97 Å². The van der Waals surface area contributed by atoms with Crippen molar-refractivity contribution in [1.29, 1.82) is 0 Å². The third-order valence-corrected chi connectivity index (χ3v) is 4.46. The number of hydrogen-bond acceptors (Lipinski definition) is 2. The molecule has 1 aliphatic carbocycles. The molecule has 4 heteroatoms. The van der Waals surface area contributed by atoms with Crippen LogP contribution >= 0.6 is 0 Å². The third-order valence-electron chi connectivity index (χ3n) is 4.46. The number of rotatable bonds is 5. The summed E-state index contributed by atoms with van der Waals surface area (Å²) in [7, 11) is 0. The normalized spacial score (nSPS) is 17.4. The molecule has 1 fully saturated rings. The van der Waals surface area contributed by atoms with E-state index in [1.165, 1.54) is 12.1 Å². The minimum Gasteiger partial charge on any atom is -0.481 e. The van der Waals surface area contributed by atoms with E-state index in [4.69, 9.17) is 5.11 Å². The number of ketones is 1. The van der Waals surface area contributed by atoms with Gasteiger partial charge in [-0.25, -0.2) is 4.39 Å². The van der Waals surface area contributed by atoms with E-state index >= 15 is 0 Å². The van der Waals surface area contributed by atoms with Crippen LogP contribution < -0.4 is 0 Å². The first-order valence-electron chi connectivity index (χ1n) is 7.43. The number of carbonyl (C=O) groups excluding carboxylic acids is 1. The molecule has 1 saturated carbocycles. The van der Waals surface area contributed by atoms with Crippen molar-refractivity contribution in [3.05, 3.63) is 35.1 Å².